The van der Waals surface area contributed by atoms with Crippen LogP contribution in [-0.4, -0.2) is 25.3 Å². The summed E-state index contributed by atoms with van der Waals surface area (Å²) < 4.78 is 10.8. The van der Waals surface area contributed by atoms with Gasteiger partial charge in [-0.2, -0.15) is 0 Å². The van der Waals surface area contributed by atoms with Crippen molar-refractivity contribution in [3.8, 4) is 11.5 Å². The van der Waals surface area contributed by atoms with E-state index in [-0.39, 0.29) is 0 Å². The molecule has 0 aliphatic rings. The number of aliphatic carboxylic acids is 1. The Morgan fingerprint density at radius 1 is 1.04 bits per heavy atom. The van der Waals surface area contributed by atoms with Crippen LogP contribution in [0.1, 0.15) is 42.4 Å². The maximum atomic E-state index is 11.9. The van der Waals surface area contributed by atoms with Gasteiger partial charge in [0.25, 0.3) is 0 Å². The van der Waals surface area contributed by atoms with Crippen LogP contribution in [0.3, 0.4) is 0 Å². The minimum atomic E-state index is -0.878. The molecule has 0 amide bonds. The first kappa shape index (κ1) is 17.9. The zero-order valence-corrected chi connectivity index (χ0v) is 14.6. The molecule has 0 aliphatic carbocycles. The molecule has 0 bridgehead atoms. The number of carbonyl (C=O) groups is 1. The number of ether oxygens (including phenoxy) is 2. The zero-order valence-electron chi connectivity index (χ0n) is 14.6. The van der Waals surface area contributed by atoms with Gasteiger partial charge in [-0.3, -0.25) is 4.79 Å². The van der Waals surface area contributed by atoms with Gasteiger partial charge in [-0.15, -0.1) is 0 Å². The summed E-state index contributed by atoms with van der Waals surface area (Å²) in [5.74, 6) is 0.0857. The monoisotopic (exact) mass is 328 g/mol. The summed E-state index contributed by atoms with van der Waals surface area (Å²) in [5, 5.41) is 9.75. The smallest absolute Gasteiger partial charge is 0.311 e. The fourth-order valence-electron chi connectivity index (χ4n) is 2.82. The summed E-state index contributed by atoms with van der Waals surface area (Å²) in [6.07, 6.45) is 0.347. The molecule has 1 atom stereocenters. The van der Waals surface area contributed by atoms with Crippen molar-refractivity contribution in [1.29, 1.82) is 0 Å². The van der Waals surface area contributed by atoms with Crippen LogP contribution >= 0.6 is 0 Å². The SMILES string of the molecule is COc1ccc(C(C)C)cc1CC(C(=O)O)c1ccccc1OC. The molecule has 2 aromatic rings. The number of rotatable bonds is 7. The first-order valence-corrected chi connectivity index (χ1v) is 8.00. The molecule has 0 radical (unpaired) electrons. The normalized spacial score (nSPS) is 12.0. The maximum Gasteiger partial charge on any atom is 0.311 e. The summed E-state index contributed by atoms with van der Waals surface area (Å²) in [7, 11) is 3.16. The van der Waals surface area contributed by atoms with Gasteiger partial charge < -0.3 is 14.6 Å². The maximum absolute atomic E-state index is 11.9. The molecule has 4 nitrogen and oxygen atoms in total. The first-order chi connectivity index (χ1) is 11.5. The quantitative estimate of drug-likeness (QED) is 0.826. The van der Waals surface area contributed by atoms with Crippen molar-refractivity contribution in [1.82, 2.24) is 0 Å². The Bertz CT molecular complexity index is 707. The van der Waals surface area contributed by atoms with E-state index < -0.39 is 11.9 Å². The molecule has 2 rings (SSSR count). The number of benzene rings is 2. The van der Waals surface area contributed by atoms with E-state index in [1.807, 2.05) is 30.3 Å². The summed E-state index contributed by atoms with van der Waals surface area (Å²) >= 11 is 0. The third-order valence-electron chi connectivity index (χ3n) is 4.21. The van der Waals surface area contributed by atoms with E-state index in [1.54, 1.807) is 26.4 Å². The van der Waals surface area contributed by atoms with Crippen molar-refractivity contribution < 1.29 is 19.4 Å². The van der Waals surface area contributed by atoms with E-state index in [1.165, 1.54) is 0 Å². The van der Waals surface area contributed by atoms with Crippen molar-refractivity contribution in [3.63, 3.8) is 0 Å². The fraction of sp³-hybridized carbons (Fsp3) is 0.350. The van der Waals surface area contributed by atoms with E-state index in [0.29, 0.717) is 29.4 Å². The molecule has 1 N–H and O–H groups in total. The molecular weight excluding hydrogens is 304 g/mol. The summed E-state index contributed by atoms with van der Waals surface area (Å²) in [4.78, 5) is 11.9. The van der Waals surface area contributed by atoms with Gasteiger partial charge in [0.05, 0.1) is 20.1 Å². The lowest BCUT2D eigenvalue weighted by Crippen LogP contribution is -2.16. The lowest BCUT2D eigenvalue weighted by molar-refractivity contribution is -0.138. The molecule has 0 aromatic heterocycles. The Hall–Kier alpha value is -2.49. The Morgan fingerprint density at radius 3 is 2.29 bits per heavy atom. The van der Waals surface area contributed by atoms with Gasteiger partial charge in [-0.25, -0.2) is 0 Å². The predicted molar refractivity (Wildman–Crippen MR) is 94.2 cm³/mol. The van der Waals surface area contributed by atoms with Gasteiger partial charge in [0.2, 0.25) is 0 Å². The number of hydrogen-bond donors (Lipinski definition) is 1. The molecular formula is C20H24O4. The van der Waals surface area contributed by atoms with Crippen LogP contribution in [0.2, 0.25) is 0 Å². The zero-order chi connectivity index (χ0) is 17.7. The van der Waals surface area contributed by atoms with E-state index >= 15 is 0 Å². The lowest BCUT2D eigenvalue weighted by Gasteiger charge is -2.19. The summed E-state index contributed by atoms with van der Waals surface area (Å²) in [6, 6.07) is 13.2. The first-order valence-electron chi connectivity index (χ1n) is 8.00. The molecule has 0 saturated carbocycles. The van der Waals surface area contributed by atoms with E-state index in [2.05, 4.69) is 13.8 Å². The second-order valence-corrected chi connectivity index (χ2v) is 6.06. The van der Waals surface area contributed by atoms with E-state index in [9.17, 15) is 9.90 Å². The number of para-hydroxylation sites is 1. The van der Waals surface area contributed by atoms with Crippen molar-refractivity contribution in [2.75, 3.05) is 14.2 Å². The summed E-state index contributed by atoms with van der Waals surface area (Å²) in [5.41, 5.74) is 2.72. The fourth-order valence-corrected chi connectivity index (χ4v) is 2.82. The van der Waals surface area contributed by atoms with Crippen molar-refractivity contribution in [2.24, 2.45) is 0 Å². The van der Waals surface area contributed by atoms with Crippen LogP contribution in [0.5, 0.6) is 11.5 Å². The molecule has 0 heterocycles. The number of hydrogen-bond acceptors (Lipinski definition) is 3. The Morgan fingerprint density at radius 2 is 1.71 bits per heavy atom. The molecule has 2 aromatic carbocycles. The highest BCUT2D eigenvalue weighted by Gasteiger charge is 2.25. The summed E-state index contributed by atoms with van der Waals surface area (Å²) in [6.45, 7) is 4.22. The second-order valence-electron chi connectivity index (χ2n) is 6.06. The molecule has 128 valence electrons. The van der Waals surface area contributed by atoms with Crippen LogP contribution < -0.4 is 9.47 Å². The second kappa shape index (κ2) is 7.86. The highest BCUT2D eigenvalue weighted by molar-refractivity contribution is 5.78. The standard InChI is InChI=1S/C20H24O4/c1-13(2)14-9-10-18(23-3)15(11-14)12-17(20(21)22)16-7-5-6-8-19(16)24-4/h5-11,13,17H,12H2,1-4H3,(H,21,22). The average Bonchev–Trinajstić information content (AvgIpc) is 2.59. The molecule has 4 heteroatoms. The van der Waals surface area contributed by atoms with Crippen LogP contribution in [0.15, 0.2) is 42.5 Å². The minimum Gasteiger partial charge on any atom is -0.496 e. The topological polar surface area (TPSA) is 55.8 Å². The number of carboxylic acid groups (broad SMARTS) is 1. The van der Waals surface area contributed by atoms with Gasteiger partial charge in [0.15, 0.2) is 0 Å². The van der Waals surface area contributed by atoms with Crippen molar-refractivity contribution in [3.05, 3.63) is 59.2 Å². The Labute approximate surface area is 143 Å². The molecule has 0 fully saturated rings. The number of methoxy groups -OCH3 is 2. The molecule has 1 unspecified atom stereocenters. The molecule has 0 saturated heterocycles. The van der Waals surface area contributed by atoms with Crippen molar-refractivity contribution >= 4 is 5.97 Å². The third kappa shape index (κ3) is 3.88. The van der Waals surface area contributed by atoms with E-state index in [4.69, 9.17) is 9.47 Å². The minimum absolute atomic E-state index is 0.347. The van der Waals surface area contributed by atoms with Gasteiger partial charge >= 0.3 is 5.97 Å². The highest BCUT2D eigenvalue weighted by atomic mass is 16.5. The van der Waals surface area contributed by atoms with Gasteiger partial charge in [0, 0.05) is 5.56 Å². The number of carboxylic acids is 1. The molecule has 0 spiro atoms. The Kier molecular flexibility index (Phi) is 5.85. The van der Waals surface area contributed by atoms with Crippen LogP contribution in [0.25, 0.3) is 0 Å². The van der Waals surface area contributed by atoms with Crippen LogP contribution in [-0.2, 0) is 11.2 Å². The van der Waals surface area contributed by atoms with Gasteiger partial charge in [-0.1, -0.05) is 44.2 Å². The van der Waals surface area contributed by atoms with Crippen molar-refractivity contribution in [2.45, 2.75) is 32.1 Å². The highest BCUT2D eigenvalue weighted by Crippen LogP contribution is 2.33. The Balaban J connectivity index is 2.45. The predicted octanol–water partition coefficient (Wildman–Crippen LogP) is 4.24. The van der Waals surface area contributed by atoms with Gasteiger partial charge in [0.1, 0.15) is 11.5 Å². The van der Waals surface area contributed by atoms with E-state index in [0.717, 1.165) is 11.1 Å². The molecule has 0 aliphatic heterocycles. The van der Waals surface area contributed by atoms with Crippen LogP contribution in [0, 0.1) is 0 Å². The lowest BCUT2D eigenvalue weighted by atomic mass is 9.89. The molecule has 24 heavy (non-hydrogen) atoms. The van der Waals surface area contributed by atoms with Gasteiger partial charge in [-0.05, 0) is 35.6 Å². The largest absolute Gasteiger partial charge is 0.496 e. The average molecular weight is 328 g/mol. The third-order valence-corrected chi connectivity index (χ3v) is 4.21. The van der Waals surface area contributed by atoms with Crippen LogP contribution in [0.4, 0.5) is 0 Å².